The molecule has 0 fully saturated rings. The van der Waals surface area contributed by atoms with Gasteiger partial charge in [0.1, 0.15) is 19.8 Å². The van der Waals surface area contributed by atoms with Crippen LogP contribution < -0.4 is 0 Å². The van der Waals surface area contributed by atoms with Crippen LogP contribution in [0.2, 0.25) is 0 Å². The molecule has 0 bridgehead atoms. The minimum absolute atomic E-state index is 0.00468. The van der Waals surface area contributed by atoms with Crippen LogP contribution in [0.5, 0.6) is 0 Å². The van der Waals surface area contributed by atoms with Crippen LogP contribution in [0.15, 0.2) is 12.2 Å². The standard InChI is InChI=1S/C14H23NO6/c1-11(2)14(18)21-9-6-12(16)19-8-5-13(17)20-10-7-15(3)4/h1,5-10H2,2-4H3. The van der Waals surface area contributed by atoms with E-state index in [0.29, 0.717) is 13.2 Å². The highest BCUT2D eigenvalue weighted by Crippen LogP contribution is 1.96. The molecule has 0 unspecified atom stereocenters. The second-order valence-electron chi connectivity index (χ2n) is 4.66. The fourth-order valence-electron chi connectivity index (χ4n) is 1.08. The second kappa shape index (κ2) is 10.8. The van der Waals surface area contributed by atoms with Gasteiger partial charge in [0.2, 0.25) is 0 Å². The number of likely N-dealkylation sites (N-methyl/N-ethyl adjacent to an activating group) is 1. The third kappa shape index (κ3) is 11.6. The van der Waals surface area contributed by atoms with Gasteiger partial charge in [0.15, 0.2) is 0 Å². The van der Waals surface area contributed by atoms with E-state index < -0.39 is 17.9 Å². The van der Waals surface area contributed by atoms with Crippen LogP contribution in [0.4, 0.5) is 0 Å². The minimum atomic E-state index is -0.549. The number of esters is 3. The molecule has 0 rings (SSSR count). The van der Waals surface area contributed by atoms with Crippen LogP contribution in [0.1, 0.15) is 19.8 Å². The maximum Gasteiger partial charge on any atom is 0.333 e. The van der Waals surface area contributed by atoms with E-state index in [9.17, 15) is 14.4 Å². The lowest BCUT2D eigenvalue weighted by Gasteiger charge is -2.10. The zero-order valence-corrected chi connectivity index (χ0v) is 12.8. The van der Waals surface area contributed by atoms with Gasteiger partial charge in [-0.2, -0.15) is 0 Å². The first-order chi connectivity index (χ1) is 9.82. The molecule has 0 amide bonds. The first kappa shape index (κ1) is 19.1. The van der Waals surface area contributed by atoms with Gasteiger partial charge in [0.05, 0.1) is 12.8 Å². The maximum absolute atomic E-state index is 11.3. The highest BCUT2D eigenvalue weighted by atomic mass is 16.6. The molecular formula is C14H23NO6. The van der Waals surface area contributed by atoms with Crippen LogP contribution in [0, 0.1) is 0 Å². The Labute approximate surface area is 124 Å². The number of ether oxygens (including phenoxy) is 3. The summed E-state index contributed by atoms with van der Waals surface area (Å²) in [6, 6.07) is 0. The van der Waals surface area contributed by atoms with Crippen LogP contribution >= 0.6 is 0 Å². The molecule has 0 N–H and O–H groups in total. The van der Waals surface area contributed by atoms with Gasteiger partial charge in [0.25, 0.3) is 0 Å². The van der Waals surface area contributed by atoms with E-state index in [-0.39, 0.29) is 31.6 Å². The van der Waals surface area contributed by atoms with Crippen molar-refractivity contribution in [2.45, 2.75) is 19.8 Å². The van der Waals surface area contributed by atoms with E-state index in [2.05, 4.69) is 6.58 Å². The predicted molar refractivity (Wildman–Crippen MR) is 75.5 cm³/mol. The number of hydrogen-bond donors (Lipinski definition) is 0. The van der Waals surface area contributed by atoms with Crippen molar-refractivity contribution in [1.29, 1.82) is 0 Å². The Kier molecular flexibility index (Phi) is 9.87. The summed E-state index contributed by atoms with van der Waals surface area (Å²) in [5, 5.41) is 0. The van der Waals surface area contributed by atoms with Gasteiger partial charge in [-0.15, -0.1) is 0 Å². The van der Waals surface area contributed by atoms with Crippen molar-refractivity contribution >= 4 is 17.9 Å². The summed E-state index contributed by atoms with van der Waals surface area (Å²) in [5.74, 6) is -1.50. The molecule has 0 radical (unpaired) electrons. The number of carbonyl (C=O) groups is 3. The third-order valence-electron chi connectivity index (χ3n) is 2.26. The van der Waals surface area contributed by atoms with Crippen molar-refractivity contribution in [3.05, 3.63) is 12.2 Å². The number of nitrogens with zero attached hydrogens (tertiary/aromatic N) is 1. The Morgan fingerprint density at radius 1 is 0.905 bits per heavy atom. The Morgan fingerprint density at radius 2 is 1.38 bits per heavy atom. The quantitative estimate of drug-likeness (QED) is 0.331. The lowest BCUT2D eigenvalue weighted by atomic mass is 10.3. The summed E-state index contributed by atoms with van der Waals surface area (Å²) in [7, 11) is 3.74. The molecule has 7 nitrogen and oxygen atoms in total. The molecule has 0 saturated carbocycles. The zero-order valence-electron chi connectivity index (χ0n) is 12.8. The first-order valence-electron chi connectivity index (χ1n) is 6.61. The van der Waals surface area contributed by atoms with E-state index in [1.807, 2.05) is 19.0 Å². The summed E-state index contributed by atoms with van der Waals surface area (Å²) in [6.45, 7) is 5.75. The fourth-order valence-corrected chi connectivity index (χ4v) is 1.08. The van der Waals surface area contributed by atoms with Crippen molar-refractivity contribution in [1.82, 2.24) is 4.90 Å². The lowest BCUT2D eigenvalue weighted by molar-refractivity contribution is -0.150. The van der Waals surface area contributed by atoms with Gasteiger partial charge in [-0.05, 0) is 21.0 Å². The largest absolute Gasteiger partial charge is 0.465 e. The van der Waals surface area contributed by atoms with Crippen LogP contribution in [0.25, 0.3) is 0 Å². The fraction of sp³-hybridized carbons (Fsp3) is 0.643. The summed E-state index contributed by atoms with van der Waals surface area (Å²) < 4.78 is 14.5. The van der Waals surface area contributed by atoms with Gasteiger partial charge < -0.3 is 19.1 Å². The Hall–Kier alpha value is -1.89. The van der Waals surface area contributed by atoms with Crippen LogP contribution in [0.3, 0.4) is 0 Å². The van der Waals surface area contributed by atoms with E-state index in [0.717, 1.165) is 0 Å². The van der Waals surface area contributed by atoms with Gasteiger partial charge >= 0.3 is 17.9 Å². The summed E-state index contributed by atoms with van der Waals surface area (Å²) in [6.07, 6.45) is -0.0561. The molecule has 0 aliphatic heterocycles. The molecule has 7 heteroatoms. The van der Waals surface area contributed by atoms with Crippen molar-refractivity contribution < 1.29 is 28.6 Å². The smallest absolute Gasteiger partial charge is 0.333 e. The predicted octanol–water partition coefficient (Wildman–Crippen LogP) is 0.534. The van der Waals surface area contributed by atoms with Crippen molar-refractivity contribution in [3.63, 3.8) is 0 Å². The molecule has 0 spiro atoms. The molecule has 0 aromatic rings. The van der Waals surface area contributed by atoms with E-state index in [4.69, 9.17) is 14.2 Å². The molecule has 120 valence electrons. The Bertz CT molecular complexity index is 378. The number of hydrogen-bond acceptors (Lipinski definition) is 7. The molecular weight excluding hydrogens is 278 g/mol. The summed E-state index contributed by atoms with van der Waals surface area (Å²) in [5.41, 5.74) is 0.267. The number of rotatable bonds is 10. The average molecular weight is 301 g/mol. The highest BCUT2D eigenvalue weighted by molar-refractivity contribution is 5.87. The molecule has 0 aromatic heterocycles. The van der Waals surface area contributed by atoms with Gasteiger partial charge in [-0.25, -0.2) is 4.79 Å². The third-order valence-corrected chi connectivity index (χ3v) is 2.26. The van der Waals surface area contributed by atoms with E-state index in [1.165, 1.54) is 6.92 Å². The van der Waals surface area contributed by atoms with Crippen molar-refractivity contribution in [3.8, 4) is 0 Å². The van der Waals surface area contributed by atoms with Crippen LogP contribution in [-0.2, 0) is 28.6 Å². The Balaban J connectivity index is 3.59. The van der Waals surface area contributed by atoms with Crippen molar-refractivity contribution in [2.24, 2.45) is 0 Å². The SMILES string of the molecule is C=C(C)C(=O)OCCC(=O)OCCC(=O)OCCN(C)C. The molecule has 0 aliphatic carbocycles. The molecule has 0 aromatic carbocycles. The topological polar surface area (TPSA) is 82.1 Å². The van der Waals surface area contributed by atoms with Gasteiger partial charge in [-0.1, -0.05) is 6.58 Å². The molecule has 0 aliphatic rings. The van der Waals surface area contributed by atoms with Gasteiger partial charge in [0, 0.05) is 12.1 Å². The number of carbonyl (C=O) groups excluding carboxylic acids is 3. The minimum Gasteiger partial charge on any atom is -0.465 e. The average Bonchev–Trinajstić information content (AvgIpc) is 2.37. The molecule has 0 saturated heterocycles. The Morgan fingerprint density at radius 3 is 1.86 bits per heavy atom. The summed E-state index contributed by atoms with van der Waals surface area (Å²) in [4.78, 5) is 35.5. The summed E-state index contributed by atoms with van der Waals surface area (Å²) >= 11 is 0. The van der Waals surface area contributed by atoms with E-state index in [1.54, 1.807) is 0 Å². The highest BCUT2D eigenvalue weighted by Gasteiger charge is 2.09. The first-order valence-corrected chi connectivity index (χ1v) is 6.61. The maximum atomic E-state index is 11.3. The normalized spacial score (nSPS) is 10.1. The second-order valence-corrected chi connectivity index (χ2v) is 4.66. The van der Waals surface area contributed by atoms with Crippen molar-refractivity contribution in [2.75, 3.05) is 40.5 Å². The van der Waals surface area contributed by atoms with Gasteiger partial charge in [-0.3, -0.25) is 9.59 Å². The molecule has 0 atom stereocenters. The van der Waals surface area contributed by atoms with E-state index >= 15 is 0 Å². The zero-order chi connectivity index (χ0) is 16.3. The van der Waals surface area contributed by atoms with Crippen LogP contribution in [-0.4, -0.2) is 63.3 Å². The molecule has 21 heavy (non-hydrogen) atoms. The monoisotopic (exact) mass is 301 g/mol. The molecule has 0 heterocycles. The lowest BCUT2D eigenvalue weighted by Crippen LogP contribution is -2.21.